The van der Waals surface area contributed by atoms with E-state index in [1.54, 1.807) is 6.20 Å². The van der Waals surface area contributed by atoms with E-state index in [0.29, 0.717) is 18.7 Å². The lowest BCUT2D eigenvalue weighted by Crippen LogP contribution is -2.38. The molecule has 0 saturated heterocycles. The van der Waals surface area contributed by atoms with Crippen LogP contribution in [0.25, 0.3) is 0 Å². The highest BCUT2D eigenvalue weighted by Gasteiger charge is 2.21. The predicted octanol–water partition coefficient (Wildman–Crippen LogP) is 2.86. The first-order valence-electron chi connectivity index (χ1n) is 9.38. The number of fused-ring (bicyclic) bond motifs is 1. The monoisotopic (exact) mass is 360 g/mol. The Bertz CT molecular complexity index is 932. The van der Waals surface area contributed by atoms with Crippen molar-refractivity contribution in [3.05, 3.63) is 88.7 Å². The third-order valence-corrected chi connectivity index (χ3v) is 5.21. The maximum atomic E-state index is 12.7. The molecule has 1 atom stereocenters. The molecule has 1 amide bonds. The fourth-order valence-electron chi connectivity index (χ4n) is 3.65. The smallest absolute Gasteiger partial charge is 0.254 e. The lowest BCUT2D eigenvalue weighted by atomic mass is 9.94. The van der Waals surface area contributed by atoms with Crippen molar-refractivity contribution in [2.75, 3.05) is 13.1 Å². The minimum atomic E-state index is -0.0725. The Hall–Kier alpha value is -2.92. The van der Waals surface area contributed by atoms with Crippen molar-refractivity contribution in [3.8, 4) is 0 Å². The van der Waals surface area contributed by atoms with Gasteiger partial charge in [-0.3, -0.25) is 9.48 Å². The number of hydrogen-bond acceptors (Lipinski definition) is 3. The fraction of sp³-hybridized carbons (Fsp3) is 0.273. The summed E-state index contributed by atoms with van der Waals surface area (Å²) in [7, 11) is 0. The van der Waals surface area contributed by atoms with Crippen molar-refractivity contribution in [2.24, 2.45) is 0 Å². The molecule has 0 fully saturated rings. The molecule has 0 aliphatic carbocycles. The van der Waals surface area contributed by atoms with Gasteiger partial charge in [0, 0.05) is 18.3 Å². The van der Waals surface area contributed by atoms with E-state index in [2.05, 4.69) is 52.1 Å². The number of nitrogens with zero attached hydrogens (tertiary/aromatic N) is 2. The van der Waals surface area contributed by atoms with Crippen LogP contribution in [0, 0.1) is 6.92 Å². The van der Waals surface area contributed by atoms with Crippen LogP contribution in [0.3, 0.4) is 0 Å². The van der Waals surface area contributed by atoms with Gasteiger partial charge in [0.05, 0.1) is 18.3 Å². The molecule has 5 heteroatoms. The Morgan fingerprint density at radius 2 is 1.96 bits per heavy atom. The lowest BCUT2D eigenvalue weighted by molar-refractivity contribution is 0.0948. The summed E-state index contributed by atoms with van der Waals surface area (Å²) in [5, 5.41) is 11.0. The molecule has 1 unspecified atom stereocenters. The van der Waals surface area contributed by atoms with Crippen LogP contribution in [-0.2, 0) is 13.0 Å². The zero-order valence-electron chi connectivity index (χ0n) is 15.5. The van der Waals surface area contributed by atoms with Crippen molar-refractivity contribution >= 4 is 5.91 Å². The molecule has 2 N–H and O–H groups in total. The van der Waals surface area contributed by atoms with Gasteiger partial charge in [0.2, 0.25) is 0 Å². The molecule has 1 aromatic heterocycles. The molecule has 0 saturated carbocycles. The van der Waals surface area contributed by atoms with Crippen LogP contribution in [0.5, 0.6) is 0 Å². The first-order chi connectivity index (χ1) is 13.2. The van der Waals surface area contributed by atoms with E-state index in [0.717, 1.165) is 18.7 Å². The highest BCUT2D eigenvalue weighted by molar-refractivity contribution is 5.95. The third-order valence-electron chi connectivity index (χ3n) is 5.21. The molecule has 5 nitrogen and oxygen atoms in total. The first kappa shape index (κ1) is 17.5. The number of carbonyl (C=O) groups is 1. The van der Waals surface area contributed by atoms with Gasteiger partial charge in [-0.15, -0.1) is 0 Å². The maximum absolute atomic E-state index is 12.7. The topological polar surface area (TPSA) is 59.0 Å². The van der Waals surface area contributed by atoms with Gasteiger partial charge in [0.1, 0.15) is 0 Å². The average molecular weight is 360 g/mol. The van der Waals surface area contributed by atoms with Gasteiger partial charge in [-0.05, 0) is 36.6 Å². The molecular weight excluding hydrogens is 336 g/mol. The minimum absolute atomic E-state index is 0.0725. The number of amides is 1. The lowest BCUT2D eigenvalue weighted by Gasteiger charge is -2.27. The van der Waals surface area contributed by atoms with Crippen molar-refractivity contribution in [2.45, 2.75) is 25.9 Å². The molecular formula is C22H24N4O. The van der Waals surface area contributed by atoms with Crippen LogP contribution >= 0.6 is 0 Å². The zero-order chi connectivity index (χ0) is 18.6. The minimum Gasteiger partial charge on any atom is -0.350 e. The first-order valence-corrected chi connectivity index (χ1v) is 9.38. The fourth-order valence-corrected chi connectivity index (χ4v) is 3.65. The predicted molar refractivity (Wildman–Crippen MR) is 106 cm³/mol. The Balaban J connectivity index is 1.42. The molecule has 27 heavy (non-hydrogen) atoms. The zero-order valence-corrected chi connectivity index (χ0v) is 15.5. The molecule has 1 aliphatic rings. The number of benzene rings is 2. The van der Waals surface area contributed by atoms with Gasteiger partial charge < -0.3 is 10.6 Å². The van der Waals surface area contributed by atoms with E-state index in [9.17, 15) is 4.79 Å². The van der Waals surface area contributed by atoms with Crippen molar-refractivity contribution in [1.82, 2.24) is 20.4 Å². The summed E-state index contributed by atoms with van der Waals surface area (Å²) in [5.41, 5.74) is 5.32. The molecule has 2 heterocycles. The molecule has 4 rings (SSSR count). The molecule has 0 spiro atoms. The van der Waals surface area contributed by atoms with Crippen molar-refractivity contribution < 1.29 is 4.79 Å². The Morgan fingerprint density at radius 1 is 1.19 bits per heavy atom. The van der Waals surface area contributed by atoms with E-state index in [4.69, 9.17) is 0 Å². The SMILES string of the molecule is Cc1c(C(=O)NCC2NCCc3ccccc32)cnn1Cc1ccccc1. The quantitative estimate of drug-likeness (QED) is 0.736. The highest BCUT2D eigenvalue weighted by Crippen LogP contribution is 2.22. The van der Waals surface area contributed by atoms with Gasteiger partial charge in [-0.1, -0.05) is 54.6 Å². The summed E-state index contributed by atoms with van der Waals surface area (Å²) in [6.45, 7) is 4.11. The van der Waals surface area contributed by atoms with E-state index in [1.807, 2.05) is 29.8 Å². The average Bonchev–Trinajstić information content (AvgIpc) is 3.07. The highest BCUT2D eigenvalue weighted by atomic mass is 16.1. The summed E-state index contributed by atoms with van der Waals surface area (Å²) in [6, 6.07) is 18.7. The summed E-state index contributed by atoms with van der Waals surface area (Å²) < 4.78 is 1.87. The normalized spacial score (nSPS) is 16.0. The van der Waals surface area contributed by atoms with Crippen LogP contribution < -0.4 is 10.6 Å². The second-order valence-electron chi connectivity index (χ2n) is 6.95. The standard InChI is InChI=1S/C22H24N4O/c1-16-20(13-25-26(16)15-17-7-3-2-4-8-17)22(27)24-14-21-19-10-6-5-9-18(19)11-12-23-21/h2-10,13,21,23H,11-12,14-15H2,1H3,(H,24,27). The van der Waals surface area contributed by atoms with Crippen LogP contribution in [0.2, 0.25) is 0 Å². The van der Waals surface area contributed by atoms with Gasteiger partial charge in [0.25, 0.3) is 5.91 Å². The van der Waals surface area contributed by atoms with E-state index in [-0.39, 0.29) is 11.9 Å². The number of aromatic nitrogens is 2. The van der Waals surface area contributed by atoms with Crippen LogP contribution in [0.15, 0.2) is 60.8 Å². The maximum Gasteiger partial charge on any atom is 0.254 e. The molecule has 2 aromatic carbocycles. The molecule has 138 valence electrons. The number of rotatable bonds is 5. The molecule has 3 aromatic rings. The largest absolute Gasteiger partial charge is 0.350 e. The van der Waals surface area contributed by atoms with E-state index < -0.39 is 0 Å². The van der Waals surface area contributed by atoms with Crippen LogP contribution in [0.4, 0.5) is 0 Å². The Morgan fingerprint density at radius 3 is 2.81 bits per heavy atom. The molecule has 0 radical (unpaired) electrons. The van der Waals surface area contributed by atoms with Gasteiger partial charge >= 0.3 is 0 Å². The summed E-state index contributed by atoms with van der Waals surface area (Å²) in [4.78, 5) is 12.7. The number of hydrogen-bond donors (Lipinski definition) is 2. The summed E-state index contributed by atoms with van der Waals surface area (Å²) in [5.74, 6) is -0.0725. The van der Waals surface area contributed by atoms with Crippen LogP contribution in [-0.4, -0.2) is 28.8 Å². The third kappa shape index (κ3) is 3.78. The second kappa shape index (κ2) is 7.76. The summed E-state index contributed by atoms with van der Waals surface area (Å²) in [6.07, 6.45) is 2.70. The Kier molecular flexibility index (Phi) is 5.03. The Labute approximate surface area is 159 Å². The summed E-state index contributed by atoms with van der Waals surface area (Å²) >= 11 is 0. The number of nitrogens with one attached hydrogen (secondary N) is 2. The number of carbonyl (C=O) groups excluding carboxylic acids is 1. The second-order valence-corrected chi connectivity index (χ2v) is 6.95. The molecule has 1 aliphatic heterocycles. The van der Waals surface area contributed by atoms with Crippen LogP contribution in [0.1, 0.15) is 38.8 Å². The molecule has 0 bridgehead atoms. The van der Waals surface area contributed by atoms with Gasteiger partial charge in [-0.25, -0.2) is 0 Å². The van der Waals surface area contributed by atoms with E-state index in [1.165, 1.54) is 16.7 Å². The van der Waals surface area contributed by atoms with E-state index >= 15 is 0 Å². The van der Waals surface area contributed by atoms with Crippen molar-refractivity contribution in [1.29, 1.82) is 0 Å². The van der Waals surface area contributed by atoms with Gasteiger partial charge in [-0.2, -0.15) is 5.10 Å². The van der Waals surface area contributed by atoms with Crippen molar-refractivity contribution in [3.63, 3.8) is 0 Å². The van der Waals surface area contributed by atoms with Gasteiger partial charge in [0.15, 0.2) is 0 Å².